The minimum Gasteiger partial charge on any atom is -0.444 e. The van der Waals surface area contributed by atoms with Crippen LogP contribution >= 0.6 is 0 Å². The zero-order valence-electron chi connectivity index (χ0n) is 26.0. The first-order valence-corrected chi connectivity index (χ1v) is 16.7. The van der Waals surface area contributed by atoms with Crippen LogP contribution in [0.3, 0.4) is 0 Å². The Hall–Kier alpha value is -4.03. The topological polar surface area (TPSA) is 133 Å². The number of para-hydroxylation sites is 1. The Morgan fingerprint density at radius 2 is 1.64 bits per heavy atom. The van der Waals surface area contributed by atoms with Crippen molar-refractivity contribution in [1.29, 1.82) is 0 Å². The Morgan fingerprint density at radius 1 is 0.978 bits per heavy atom. The van der Waals surface area contributed by atoms with Gasteiger partial charge in [-0.25, -0.2) is 14.2 Å². The standard InChI is InChI=1S/C33H40FN3O7S/c1-33(2,3)44-32(39)37-26-17-15-25(16-18-26)36-30(38)28-20-24(34)21-35-31(28)43-29-23(13-9-19-42-45(4,40)41)12-8-14-27(29)22-10-6-5-7-11-22/h5-8,10-12,14,20-21,25-26H,9,13,15-19H2,1-4H3,(H,36,38)(H,37,39). The van der Waals surface area contributed by atoms with Gasteiger partial charge in [0.2, 0.25) is 5.88 Å². The first-order chi connectivity index (χ1) is 21.3. The molecule has 0 saturated heterocycles. The van der Waals surface area contributed by atoms with E-state index in [1.165, 1.54) is 0 Å². The Bertz CT molecular complexity index is 1590. The maximum atomic E-state index is 14.4. The Kier molecular flexibility index (Phi) is 11.2. The van der Waals surface area contributed by atoms with E-state index in [0.717, 1.165) is 35.2 Å². The van der Waals surface area contributed by atoms with Crippen molar-refractivity contribution in [3.8, 4) is 22.8 Å². The van der Waals surface area contributed by atoms with Crippen LogP contribution in [0, 0.1) is 5.82 Å². The highest BCUT2D eigenvalue weighted by Gasteiger charge is 2.27. The number of aryl methyl sites for hydroxylation is 1. The molecule has 1 fully saturated rings. The van der Waals surface area contributed by atoms with Crippen molar-refractivity contribution in [2.45, 2.75) is 77.0 Å². The summed E-state index contributed by atoms with van der Waals surface area (Å²) < 4.78 is 53.8. The predicted molar refractivity (Wildman–Crippen MR) is 168 cm³/mol. The van der Waals surface area contributed by atoms with Crippen molar-refractivity contribution in [2.75, 3.05) is 12.9 Å². The predicted octanol–water partition coefficient (Wildman–Crippen LogP) is 6.15. The van der Waals surface area contributed by atoms with Gasteiger partial charge < -0.3 is 20.1 Å². The van der Waals surface area contributed by atoms with Gasteiger partial charge in [0.15, 0.2) is 0 Å². The van der Waals surface area contributed by atoms with Gasteiger partial charge >= 0.3 is 6.09 Å². The molecule has 3 aromatic rings. The van der Waals surface area contributed by atoms with Crippen LogP contribution in [0.4, 0.5) is 9.18 Å². The number of alkyl carbamates (subject to hydrolysis) is 1. The van der Waals surface area contributed by atoms with Crippen LogP contribution in [0.5, 0.6) is 11.6 Å². The van der Waals surface area contributed by atoms with Crippen LogP contribution in [-0.2, 0) is 25.5 Å². The minimum absolute atomic E-state index is 0.00810. The van der Waals surface area contributed by atoms with E-state index in [2.05, 4.69) is 15.6 Å². The average molecular weight is 642 g/mol. The lowest BCUT2D eigenvalue weighted by atomic mass is 9.91. The zero-order valence-corrected chi connectivity index (χ0v) is 26.8. The SMILES string of the molecule is CC(C)(C)OC(=O)NC1CCC(NC(=O)c2cc(F)cnc2Oc2c(CCCOS(C)(=O)=O)cccc2-c2ccccc2)CC1. The van der Waals surface area contributed by atoms with Crippen molar-refractivity contribution in [3.63, 3.8) is 0 Å². The van der Waals surface area contributed by atoms with Crippen LogP contribution in [0.15, 0.2) is 60.8 Å². The van der Waals surface area contributed by atoms with Crippen LogP contribution < -0.4 is 15.4 Å². The molecule has 1 aliphatic rings. The van der Waals surface area contributed by atoms with Crippen LogP contribution in [-0.4, -0.2) is 55.9 Å². The van der Waals surface area contributed by atoms with Gasteiger partial charge in [0.25, 0.3) is 16.0 Å². The van der Waals surface area contributed by atoms with Crippen LogP contribution in [0.1, 0.15) is 68.8 Å². The van der Waals surface area contributed by atoms with Crippen LogP contribution in [0.2, 0.25) is 0 Å². The number of hydrogen-bond acceptors (Lipinski definition) is 8. The fraction of sp³-hybridized carbons (Fsp3) is 0.424. The highest BCUT2D eigenvalue weighted by molar-refractivity contribution is 7.85. The summed E-state index contributed by atoms with van der Waals surface area (Å²) in [6.07, 6.45) is 4.83. The summed E-state index contributed by atoms with van der Waals surface area (Å²) in [5, 5.41) is 5.86. The third-order valence-corrected chi connectivity index (χ3v) is 7.71. The highest BCUT2D eigenvalue weighted by Crippen LogP contribution is 2.37. The number of halogens is 1. The van der Waals surface area contributed by atoms with Crippen molar-refractivity contribution in [1.82, 2.24) is 15.6 Å². The molecule has 242 valence electrons. The van der Waals surface area contributed by atoms with Gasteiger partial charge in [-0.1, -0.05) is 48.5 Å². The molecular formula is C33H40FN3O7S. The number of carbonyl (C=O) groups is 2. The van der Waals surface area contributed by atoms with E-state index in [9.17, 15) is 22.4 Å². The molecule has 1 heterocycles. The van der Waals surface area contributed by atoms with Gasteiger partial charge in [0.05, 0.1) is 19.1 Å². The summed E-state index contributed by atoms with van der Waals surface area (Å²) in [7, 11) is -3.58. The summed E-state index contributed by atoms with van der Waals surface area (Å²) in [5.74, 6) is -0.857. The normalized spacial score (nSPS) is 16.9. The summed E-state index contributed by atoms with van der Waals surface area (Å²) in [6.45, 7) is 5.40. The lowest BCUT2D eigenvalue weighted by molar-refractivity contribution is 0.0487. The maximum Gasteiger partial charge on any atom is 0.407 e. The zero-order chi connectivity index (χ0) is 32.6. The molecule has 1 aromatic heterocycles. The quantitative estimate of drug-likeness (QED) is 0.188. The molecule has 0 radical (unpaired) electrons. The molecule has 2 aromatic carbocycles. The number of hydrogen-bond donors (Lipinski definition) is 2. The van der Waals surface area contributed by atoms with E-state index >= 15 is 0 Å². The number of aromatic nitrogens is 1. The molecule has 4 rings (SSSR count). The number of pyridine rings is 1. The molecule has 1 saturated carbocycles. The second-order valence-corrected chi connectivity index (χ2v) is 13.7. The van der Waals surface area contributed by atoms with E-state index in [1.54, 1.807) is 20.8 Å². The van der Waals surface area contributed by atoms with Gasteiger partial charge in [-0.15, -0.1) is 0 Å². The number of amides is 2. The molecule has 10 nitrogen and oxygen atoms in total. The molecule has 0 bridgehead atoms. The lowest BCUT2D eigenvalue weighted by Crippen LogP contribution is -2.45. The number of nitrogens with zero attached hydrogens (tertiary/aromatic N) is 1. The second kappa shape index (κ2) is 14.8. The Morgan fingerprint density at radius 3 is 2.29 bits per heavy atom. The van der Waals surface area contributed by atoms with Gasteiger partial charge in [-0.2, -0.15) is 8.42 Å². The first kappa shape index (κ1) is 33.9. The largest absolute Gasteiger partial charge is 0.444 e. The third kappa shape index (κ3) is 10.5. The number of carbonyl (C=O) groups excluding carboxylic acids is 2. The lowest BCUT2D eigenvalue weighted by Gasteiger charge is -2.30. The number of benzene rings is 2. The van der Waals surface area contributed by atoms with Crippen molar-refractivity contribution in [3.05, 3.63) is 77.7 Å². The van der Waals surface area contributed by atoms with Gasteiger partial charge in [-0.05, 0) is 76.5 Å². The van der Waals surface area contributed by atoms with E-state index in [1.807, 2.05) is 48.5 Å². The summed E-state index contributed by atoms with van der Waals surface area (Å²) in [4.78, 5) is 29.8. The highest BCUT2D eigenvalue weighted by atomic mass is 32.2. The Labute approximate surface area is 263 Å². The average Bonchev–Trinajstić information content (AvgIpc) is 2.96. The summed E-state index contributed by atoms with van der Waals surface area (Å²) in [5.41, 5.74) is 1.67. The minimum atomic E-state index is -3.58. The van der Waals surface area contributed by atoms with Gasteiger partial charge in [0, 0.05) is 17.6 Å². The molecular weight excluding hydrogens is 601 g/mol. The van der Waals surface area contributed by atoms with Crippen molar-refractivity contribution in [2.24, 2.45) is 0 Å². The van der Waals surface area contributed by atoms with E-state index < -0.39 is 33.5 Å². The summed E-state index contributed by atoms with van der Waals surface area (Å²) >= 11 is 0. The number of nitrogens with one attached hydrogen (secondary N) is 2. The molecule has 0 unspecified atom stereocenters. The number of rotatable bonds is 11. The fourth-order valence-electron chi connectivity index (χ4n) is 5.11. The van der Waals surface area contributed by atoms with Crippen LogP contribution in [0.25, 0.3) is 11.1 Å². The van der Waals surface area contributed by atoms with E-state index in [0.29, 0.717) is 44.3 Å². The smallest absolute Gasteiger partial charge is 0.407 e. The fourth-order valence-corrected chi connectivity index (χ4v) is 5.53. The van der Waals surface area contributed by atoms with Crippen molar-refractivity contribution < 1.29 is 36.1 Å². The molecule has 2 N–H and O–H groups in total. The molecule has 1 aliphatic carbocycles. The van der Waals surface area contributed by atoms with E-state index in [-0.39, 0.29) is 30.1 Å². The monoisotopic (exact) mass is 641 g/mol. The summed E-state index contributed by atoms with van der Waals surface area (Å²) in [6, 6.07) is 15.9. The van der Waals surface area contributed by atoms with E-state index in [4.69, 9.17) is 13.7 Å². The van der Waals surface area contributed by atoms with Gasteiger partial charge in [-0.3, -0.25) is 8.98 Å². The van der Waals surface area contributed by atoms with Crippen molar-refractivity contribution >= 4 is 22.1 Å². The molecule has 0 atom stereocenters. The second-order valence-electron chi connectivity index (χ2n) is 12.1. The Balaban J connectivity index is 1.51. The molecule has 0 spiro atoms. The number of ether oxygens (including phenoxy) is 2. The first-order valence-electron chi connectivity index (χ1n) is 14.9. The third-order valence-electron chi connectivity index (χ3n) is 7.11. The molecule has 2 amide bonds. The molecule has 45 heavy (non-hydrogen) atoms. The molecule has 0 aliphatic heterocycles. The molecule has 12 heteroatoms. The maximum absolute atomic E-state index is 14.4. The van der Waals surface area contributed by atoms with Gasteiger partial charge in [0.1, 0.15) is 22.7 Å².